The molecule has 2 rings (SSSR count). The van der Waals surface area contributed by atoms with Crippen molar-refractivity contribution in [2.24, 2.45) is 0 Å². The maximum Gasteiger partial charge on any atom is 0.245 e. The molecule has 1 aromatic rings. The summed E-state index contributed by atoms with van der Waals surface area (Å²) in [7, 11) is -3.42. The van der Waals surface area contributed by atoms with Crippen molar-refractivity contribution >= 4 is 27.5 Å². The van der Waals surface area contributed by atoms with E-state index >= 15 is 0 Å². The van der Waals surface area contributed by atoms with E-state index in [9.17, 15) is 8.42 Å². The molecule has 0 aromatic heterocycles. The fourth-order valence-corrected chi connectivity index (χ4v) is 4.42. The Morgan fingerprint density at radius 2 is 1.94 bits per heavy atom. The summed E-state index contributed by atoms with van der Waals surface area (Å²) < 4.78 is 26.3. The average molecular weight is 272 g/mol. The first-order chi connectivity index (χ1) is 8.12. The molecular formula is C11H16N2O2S2. The van der Waals surface area contributed by atoms with E-state index in [1.54, 1.807) is 40.3 Å². The first-order valence-corrected chi connectivity index (χ1v) is 8.14. The second-order valence-electron chi connectivity index (χ2n) is 3.91. The Kier molecular flexibility index (Phi) is 3.96. The van der Waals surface area contributed by atoms with Gasteiger partial charge in [0.15, 0.2) is 0 Å². The molecule has 1 saturated heterocycles. The lowest BCUT2D eigenvalue weighted by Crippen LogP contribution is -2.33. The summed E-state index contributed by atoms with van der Waals surface area (Å²) in [5.41, 5.74) is 6.06. The number of rotatable bonds is 2. The summed E-state index contributed by atoms with van der Waals surface area (Å²) in [5, 5.41) is 0. The van der Waals surface area contributed by atoms with Gasteiger partial charge in [0.05, 0.1) is 5.69 Å². The zero-order valence-corrected chi connectivity index (χ0v) is 11.1. The molecule has 0 unspecified atom stereocenters. The van der Waals surface area contributed by atoms with Crippen molar-refractivity contribution in [3.63, 3.8) is 0 Å². The molecule has 94 valence electrons. The number of hydrogen-bond acceptors (Lipinski definition) is 4. The van der Waals surface area contributed by atoms with Gasteiger partial charge in [-0.25, -0.2) is 8.42 Å². The average Bonchev–Trinajstić information content (AvgIpc) is 2.58. The molecule has 0 atom stereocenters. The third-order valence-corrected chi connectivity index (χ3v) is 5.74. The van der Waals surface area contributed by atoms with E-state index in [2.05, 4.69) is 0 Å². The van der Waals surface area contributed by atoms with Gasteiger partial charge >= 0.3 is 0 Å². The lowest BCUT2D eigenvalue weighted by atomic mass is 10.3. The topological polar surface area (TPSA) is 63.4 Å². The van der Waals surface area contributed by atoms with E-state index in [1.165, 1.54) is 0 Å². The predicted octanol–water partition coefficient (Wildman–Crippen LogP) is 1.40. The minimum Gasteiger partial charge on any atom is -0.398 e. The van der Waals surface area contributed by atoms with E-state index in [0.29, 0.717) is 18.8 Å². The molecular weight excluding hydrogens is 256 g/mol. The fraction of sp³-hybridized carbons (Fsp3) is 0.455. The van der Waals surface area contributed by atoms with Gasteiger partial charge in [0.1, 0.15) is 4.90 Å². The van der Waals surface area contributed by atoms with Gasteiger partial charge in [-0.05, 0) is 24.3 Å². The third-order valence-electron chi connectivity index (χ3n) is 2.72. The van der Waals surface area contributed by atoms with Crippen LogP contribution in [-0.4, -0.2) is 37.3 Å². The Morgan fingerprint density at radius 3 is 2.71 bits per heavy atom. The second-order valence-corrected chi connectivity index (χ2v) is 7.04. The van der Waals surface area contributed by atoms with Crippen molar-refractivity contribution in [2.75, 3.05) is 30.3 Å². The van der Waals surface area contributed by atoms with Crippen LogP contribution in [0.3, 0.4) is 0 Å². The molecule has 6 heteroatoms. The zero-order chi connectivity index (χ0) is 12.3. The van der Waals surface area contributed by atoms with Crippen LogP contribution >= 0.6 is 11.8 Å². The number of anilines is 1. The monoisotopic (exact) mass is 272 g/mol. The molecule has 0 bridgehead atoms. The van der Waals surface area contributed by atoms with Crippen LogP contribution in [0, 0.1) is 0 Å². The quantitative estimate of drug-likeness (QED) is 0.827. The molecule has 1 aromatic carbocycles. The molecule has 0 spiro atoms. The molecule has 1 aliphatic rings. The standard InChI is InChI=1S/C11H16N2O2S2/c12-10-4-1-2-5-11(10)17(14,15)13-6-3-8-16-9-7-13/h1-2,4-5H,3,6-9,12H2. The van der Waals surface area contributed by atoms with Gasteiger partial charge in [-0.15, -0.1) is 0 Å². The van der Waals surface area contributed by atoms with Crippen molar-refractivity contribution in [1.82, 2.24) is 4.31 Å². The molecule has 0 aliphatic carbocycles. The second kappa shape index (κ2) is 5.29. The highest BCUT2D eigenvalue weighted by atomic mass is 32.2. The van der Waals surface area contributed by atoms with E-state index in [4.69, 9.17) is 5.73 Å². The summed E-state index contributed by atoms with van der Waals surface area (Å²) >= 11 is 1.80. The van der Waals surface area contributed by atoms with Crippen molar-refractivity contribution in [2.45, 2.75) is 11.3 Å². The molecule has 0 saturated carbocycles. The smallest absolute Gasteiger partial charge is 0.245 e. The maximum atomic E-state index is 12.4. The van der Waals surface area contributed by atoms with Crippen LogP contribution in [-0.2, 0) is 10.0 Å². The summed E-state index contributed by atoms with van der Waals surface area (Å²) in [4.78, 5) is 0.229. The Balaban J connectivity index is 2.32. The molecule has 17 heavy (non-hydrogen) atoms. The van der Waals surface area contributed by atoms with Crippen LogP contribution in [0.4, 0.5) is 5.69 Å². The molecule has 1 heterocycles. The molecule has 2 N–H and O–H groups in total. The molecule has 0 radical (unpaired) electrons. The Morgan fingerprint density at radius 1 is 1.18 bits per heavy atom. The van der Waals surface area contributed by atoms with Crippen LogP contribution in [0.15, 0.2) is 29.2 Å². The van der Waals surface area contributed by atoms with E-state index in [-0.39, 0.29) is 4.90 Å². The van der Waals surface area contributed by atoms with Crippen molar-refractivity contribution in [1.29, 1.82) is 0 Å². The summed E-state index contributed by atoms with van der Waals surface area (Å²) in [5.74, 6) is 1.88. The third kappa shape index (κ3) is 2.75. The normalized spacial score (nSPS) is 18.8. The Labute approximate surface area is 106 Å². The minimum absolute atomic E-state index is 0.229. The van der Waals surface area contributed by atoms with Gasteiger partial charge in [0, 0.05) is 18.8 Å². The molecule has 1 fully saturated rings. The lowest BCUT2D eigenvalue weighted by Gasteiger charge is -2.20. The van der Waals surface area contributed by atoms with E-state index < -0.39 is 10.0 Å². The number of sulfonamides is 1. The first-order valence-electron chi connectivity index (χ1n) is 5.55. The summed E-state index contributed by atoms with van der Waals surface area (Å²) in [6, 6.07) is 6.64. The fourth-order valence-electron chi connectivity index (χ4n) is 1.82. The van der Waals surface area contributed by atoms with Gasteiger partial charge in [0.2, 0.25) is 10.0 Å². The summed E-state index contributed by atoms with van der Waals surface area (Å²) in [6.45, 7) is 1.16. The highest BCUT2D eigenvalue weighted by molar-refractivity contribution is 7.99. The predicted molar refractivity (Wildman–Crippen MR) is 71.6 cm³/mol. The number of para-hydroxylation sites is 1. The van der Waals surface area contributed by atoms with Crippen LogP contribution in [0.1, 0.15) is 6.42 Å². The number of nitrogens with two attached hydrogens (primary N) is 1. The van der Waals surface area contributed by atoms with Gasteiger partial charge in [-0.2, -0.15) is 16.1 Å². The van der Waals surface area contributed by atoms with Gasteiger partial charge < -0.3 is 5.73 Å². The zero-order valence-electron chi connectivity index (χ0n) is 9.50. The Hall–Kier alpha value is -0.720. The number of benzene rings is 1. The number of nitrogens with zero attached hydrogens (tertiary/aromatic N) is 1. The molecule has 0 amide bonds. The maximum absolute atomic E-state index is 12.4. The van der Waals surface area contributed by atoms with Crippen LogP contribution in [0.2, 0.25) is 0 Å². The highest BCUT2D eigenvalue weighted by Gasteiger charge is 2.26. The van der Waals surface area contributed by atoms with Crippen molar-refractivity contribution in [3.05, 3.63) is 24.3 Å². The Bertz CT molecular complexity index is 480. The molecule has 4 nitrogen and oxygen atoms in total. The number of nitrogen functional groups attached to an aromatic ring is 1. The van der Waals surface area contributed by atoms with Crippen LogP contribution < -0.4 is 5.73 Å². The largest absolute Gasteiger partial charge is 0.398 e. The van der Waals surface area contributed by atoms with E-state index in [0.717, 1.165) is 17.9 Å². The lowest BCUT2D eigenvalue weighted by molar-refractivity contribution is 0.435. The van der Waals surface area contributed by atoms with Crippen LogP contribution in [0.25, 0.3) is 0 Å². The first kappa shape index (κ1) is 12.7. The SMILES string of the molecule is Nc1ccccc1S(=O)(=O)N1CCCSCC1. The summed E-state index contributed by atoms with van der Waals surface area (Å²) in [6.07, 6.45) is 0.899. The van der Waals surface area contributed by atoms with Gasteiger partial charge in [-0.3, -0.25) is 0 Å². The van der Waals surface area contributed by atoms with Gasteiger partial charge in [-0.1, -0.05) is 12.1 Å². The number of thioether (sulfide) groups is 1. The van der Waals surface area contributed by atoms with Crippen LogP contribution in [0.5, 0.6) is 0 Å². The highest BCUT2D eigenvalue weighted by Crippen LogP contribution is 2.23. The van der Waals surface area contributed by atoms with Gasteiger partial charge in [0.25, 0.3) is 0 Å². The molecule has 1 aliphatic heterocycles. The van der Waals surface area contributed by atoms with Crippen molar-refractivity contribution in [3.8, 4) is 0 Å². The minimum atomic E-state index is -3.42. The van der Waals surface area contributed by atoms with E-state index in [1.807, 2.05) is 0 Å². The number of hydrogen-bond donors (Lipinski definition) is 1. The van der Waals surface area contributed by atoms with Crippen molar-refractivity contribution < 1.29 is 8.42 Å².